The molecule has 1 saturated heterocycles. The molecule has 22 heavy (non-hydrogen) atoms. The van der Waals surface area contributed by atoms with Crippen molar-refractivity contribution in [2.75, 3.05) is 30.5 Å². The first kappa shape index (κ1) is 16.4. The molecular weight excluding hydrogens is 306 g/mol. The van der Waals surface area contributed by atoms with Crippen LogP contribution in [0.15, 0.2) is 24.3 Å². The number of nitrogens with zero attached hydrogens (tertiary/aromatic N) is 1. The molecule has 1 aromatic rings. The standard InChI is InChI=1S/C15H20ClN3O3/c1-2-22-13-5-3-12(4-6-13)19-10-11(9-14(19)20)18-15(21)17-8-7-16/h3-6,11H,2,7-10H2,1H3,(H2,17,18,21)/t11-/m0/s1. The van der Waals surface area contributed by atoms with E-state index in [0.29, 0.717) is 32.0 Å². The van der Waals surface area contributed by atoms with Crippen LogP contribution in [0.3, 0.4) is 0 Å². The fourth-order valence-corrected chi connectivity index (χ4v) is 2.43. The summed E-state index contributed by atoms with van der Waals surface area (Å²) in [5.41, 5.74) is 0.805. The van der Waals surface area contributed by atoms with Gasteiger partial charge in [0.25, 0.3) is 0 Å². The maximum atomic E-state index is 12.1. The van der Waals surface area contributed by atoms with Gasteiger partial charge in [-0.1, -0.05) is 0 Å². The van der Waals surface area contributed by atoms with Crippen molar-refractivity contribution in [1.29, 1.82) is 0 Å². The number of hydrogen-bond donors (Lipinski definition) is 2. The first-order valence-corrected chi connectivity index (χ1v) is 7.81. The van der Waals surface area contributed by atoms with Crippen molar-refractivity contribution in [3.63, 3.8) is 0 Å². The van der Waals surface area contributed by atoms with E-state index in [0.717, 1.165) is 11.4 Å². The van der Waals surface area contributed by atoms with Crippen LogP contribution in [0.2, 0.25) is 0 Å². The van der Waals surface area contributed by atoms with Gasteiger partial charge in [-0.3, -0.25) is 4.79 Å². The summed E-state index contributed by atoms with van der Waals surface area (Å²) in [6, 6.07) is 6.86. The highest BCUT2D eigenvalue weighted by molar-refractivity contribution is 6.18. The number of benzene rings is 1. The molecule has 120 valence electrons. The first-order chi connectivity index (χ1) is 10.6. The van der Waals surface area contributed by atoms with Crippen molar-refractivity contribution in [3.8, 4) is 5.75 Å². The van der Waals surface area contributed by atoms with E-state index in [1.165, 1.54) is 0 Å². The lowest BCUT2D eigenvalue weighted by Gasteiger charge is -2.17. The van der Waals surface area contributed by atoms with Gasteiger partial charge < -0.3 is 20.3 Å². The third kappa shape index (κ3) is 4.27. The number of urea groups is 1. The predicted octanol–water partition coefficient (Wildman–Crippen LogP) is 1.73. The van der Waals surface area contributed by atoms with E-state index in [9.17, 15) is 9.59 Å². The second-order valence-electron chi connectivity index (χ2n) is 4.92. The third-order valence-corrected chi connectivity index (χ3v) is 3.49. The van der Waals surface area contributed by atoms with Gasteiger partial charge in [0.2, 0.25) is 5.91 Å². The molecular formula is C15H20ClN3O3. The quantitative estimate of drug-likeness (QED) is 0.782. The summed E-state index contributed by atoms with van der Waals surface area (Å²) in [4.78, 5) is 25.4. The molecule has 1 fully saturated rings. The number of halogens is 1. The number of alkyl halides is 1. The molecule has 1 aliphatic rings. The van der Waals surface area contributed by atoms with Crippen molar-refractivity contribution in [3.05, 3.63) is 24.3 Å². The highest BCUT2D eigenvalue weighted by Gasteiger charge is 2.31. The minimum absolute atomic E-state index is 0.00759. The maximum Gasteiger partial charge on any atom is 0.315 e. The monoisotopic (exact) mass is 325 g/mol. The van der Waals surface area contributed by atoms with E-state index in [-0.39, 0.29) is 18.0 Å². The molecule has 0 spiro atoms. The summed E-state index contributed by atoms with van der Waals surface area (Å²) in [5.74, 6) is 1.12. The van der Waals surface area contributed by atoms with Gasteiger partial charge in [0.05, 0.1) is 12.6 Å². The minimum atomic E-state index is -0.299. The summed E-state index contributed by atoms with van der Waals surface area (Å²) >= 11 is 5.51. The Morgan fingerprint density at radius 1 is 1.41 bits per heavy atom. The average Bonchev–Trinajstić information content (AvgIpc) is 2.87. The second kappa shape index (κ2) is 7.89. The van der Waals surface area contributed by atoms with Gasteiger partial charge in [-0.2, -0.15) is 0 Å². The van der Waals surface area contributed by atoms with Crippen molar-refractivity contribution in [2.24, 2.45) is 0 Å². The van der Waals surface area contributed by atoms with Gasteiger partial charge in [0.15, 0.2) is 0 Å². The lowest BCUT2D eigenvalue weighted by atomic mass is 10.2. The van der Waals surface area contributed by atoms with E-state index in [1.54, 1.807) is 4.90 Å². The van der Waals surface area contributed by atoms with Crippen LogP contribution in [0, 0.1) is 0 Å². The Labute approximate surface area is 134 Å². The highest BCUT2D eigenvalue weighted by Crippen LogP contribution is 2.24. The molecule has 1 aromatic carbocycles. The number of carbonyl (C=O) groups is 2. The van der Waals surface area contributed by atoms with Crippen LogP contribution in [-0.2, 0) is 4.79 Å². The Bertz CT molecular complexity index is 521. The summed E-state index contributed by atoms with van der Waals surface area (Å²) in [6.45, 7) is 3.38. The summed E-state index contributed by atoms with van der Waals surface area (Å²) in [7, 11) is 0. The Morgan fingerprint density at radius 2 is 2.14 bits per heavy atom. The largest absolute Gasteiger partial charge is 0.494 e. The molecule has 1 aliphatic heterocycles. The lowest BCUT2D eigenvalue weighted by Crippen LogP contribution is -2.43. The SMILES string of the molecule is CCOc1ccc(N2C[C@@H](NC(=O)NCCCl)CC2=O)cc1. The van der Waals surface area contributed by atoms with Crippen molar-refractivity contribution < 1.29 is 14.3 Å². The Kier molecular flexibility index (Phi) is 5.89. The van der Waals surface area contributed by atoms with Gasteiger partial charge in [0, 0.05) is 31.1 Å². The molecule has 2 rings (SSSR count). The summed E-state index contributed by atoms with van der Waals surface area (Å²) < 4.78 is 5.38. The van der Waals surface area contributed by atoms with Crippen LogP contribution in [0.5, 0.6) is 5.75 Å². The second-order valence-corrected chi connectivity index (χ2v) is 5.30. The smallest absolute Gasteiger partial charge is 0.315 e. The number of nitrogens with one attached hydrogen (secondary N) is 2. The van der Waals surface area contributed by atoms with Gasteiger partial charge in [-0.05, 0) is 31.2 Å². The molecule has 0 saturated carbocycles. The van der Waals surface area contributed by atoms with E-state index in [1.807, 2.05) is 31.2 Å². The Balaban J connectivity index is 1.93. The number of amides is 3. The molecule has 0 aliphatic carbocycles. The molecule has 6 nitrogen and oxygen atoms in total. The van der Waals surface area contributed by atoms with Crippen molar-refractivity contribution >= 4 is 29.2 Å². The first-order valence-electron chi connectivity index (χ1n) is 7.27. The molecule has 1 heterocycles. The van der Waals surface area contributed by atoms with E-state index >= 15 is 0 Å². The van der Waals surface area contributed by atoms with Gasteiger partial charge >= 0.3 is 6.03 Å². The topological polar surface area (TPSA) is 70.7 Å². The normalized spacial score (nSPS) is 17.5. The molecule has 3 amide bonds. The molecule has 2 N–H and O–H groups in total. The number of anilines is 1. The number of carbonyl (C=O) groups excluding carboxylic acids is 2. The lowest BCUT2D eigenvalue weighted by molar-refractivity contribution is -0.117. The summed E-state index contributed by atoms with van der Waals surface area (Å²) in [6.07, 6.45) is 0.293. The number of rotatable bonds is 6. The fraction of sp³-hybridized carbons (Fsp3) is 0.467. The highest BCUT2D eigenvalue weighted by atomic mass is 35.5. The van der Waals surface area contributed by atoms with Crippen LogP contribution < -0.4 is 20.3 Å². The molecule has 0 aromatic heterocycles. The molecule has 0 radical (unpaired) electrons. The number of hydrogen-bond acceptors (Lipinski definition) is 3. The van der Waals surface area contributed by atoms with Crippen LogP contribution in [0.25, 0.3) is 0 Å². The summed E-state index contributed by atoms with van der Waals surface area (Å²) in [5, 5.41) is 5.40. The average molecular weight is 326 g/mol. The zero-order valence-electron chi connectivity index (χ0n) is 12.5. The zero-order valence-corrected chi connectivity index (χ0v) is 13.2. The van der Waals surface area contributed by atoms with Crippen molar-refractivity contribution in [2.45, 2.75) is 19.4 Å². The zero-order chi connectivity index (χ0) is 15.9. The van der Waals surface area contributed by atoms with Crippen molar-refractivity contribution in [1.82, 2.24) is 10.6 Å². The van der Waals surface area contributed by atoms with Gasteiger partial charge in [0.1, 0.15) is 5.75 Å². The Hall–Kier alpha value is -1.95. The van der Waals surface area contributed by atoms with Gasteiger partial charge in [-0.15, -0.1) is 11.6 Å². The fourth-order valence-electron chi connectivity index (χ4n) is 2.34. The molecule has 0 unspecified atom stereocenters. The van der Waals surface area contributed by atoms with E-state index in [4.69, 9.17) is 16.3 Å². The van der Waals surface area contributed by atoms with Crippen LogP contribution in [0.4, 0.5) is 10.5 Å². The number of ether oxygens (including phenoxy) is 1. The van der Waals surface area contributed by atoms with Crippen LogP contribution >= 0.6 is 11.6 Å². The molecule has 0 bridgehead atoms. The molecule has 7 heteroatoms. The maximum absolute atomic E-state index is 12.1. The van der Waals surface area contributed by atoms with E-state index < -0.39 is 0 Å². The molecule has 1 atom stereocenters. The van der Waals surface area contributed by atoms with Gasteiger partial charge in [-0.25, -0.2) is 4.79 Å². The van der Waals surface area contributed by atoms with E-state index in [2.05, 4.69) is 10.6 Å². The van der Waals surface area contributed by atoms with Crippen LogP contribution in [-0.4, -0.2) is 43.6 Å². The van der Waals surface area contributed by atoms with Crippen LogP contribution in [0.1, 0.15) is 13.3 Å². The third-order valence-electron chi connectivity index (χ3n) is 3.30. The Morgan fingerprint density at radius 3 is 2.77 bits per heavy atom. The minimum Gasteiger partial charge on any atom is -0.494 e. The predicted molar refractivity (Wildman–Crippen MR) is 85.6 cm³/mol.